The maximum Gasteiger partial charge on any atom is 0.0543 e. The molecule has 11 rings (SSSR count). The van der Waals surface area contributed by atoms with E-state index in [-0.39, 0.29) is 10.8 Å². The van der Waals surface area contributed by atoms with E-state index < -0.39 is 0 Å². The highest BCUT2D eigenvalue weighted by molar-refractivity contribution is 6.12. The minimum atomic E-state index is -0.122. The van der Waals surface area contributed by atoms with Gasteiger partial charge in [0.1, 0.15) is 0 Å². The number of hydrogen-bond donors (Lipinski definition) is 0. The lowest BCUT2D eigenvalue weighted by atomic mass is 9.82. The standard InChI is InChI=1S/C52H40N2/c1-51(2)42-23-12-8-21-40(42)50-43(51)24-15-27-49(50)53(33-28-29-35-34-16-7-11-22-41(34)52(3,4)44(35)32-33)47-30-31-48(39-18-6-5-17-38(39)47)54-45-25-13-9-19-36(45)37-20-10-14-26-46(37)54/h5-32H,1-4H3. The zero-order valence-electron chi connectivity index (χ0n) is 31.1. The molecule has 54 heavy (non-hydrogen) atoms. The Bertz CT molecular complexity index is 2960. The van der Waals surface area contributed by atoms with Gasteiger partial charge < -0.3 is 9.47 Å². The summed E-state index contributed by atoms with van der Waals surface area (Å²) in [7, 11) is 0. The molecule has 0 aliphatic heterocycles. The van der Waals surface area contributed by atoms with Gasteiger partial charge in [0.15, 0.2) is 0 Å². The molecule has 0 saturated heterocycles. The van der Waals surface area contributed by atoms with E-state index >= 15 is 0 Å². The lowest BCUT2D eigenvalue weighted by Gasteiger charge is -2.31. The maximum atomic E-state index is 2.55. The average molecular weight is 693 g/mol. The smallest absolute Gasteiger partial charge is 0.0543 e. The van der Waals surface area contributed by atoms with Gasteiger partial charge in [-0.25, -0.2) is 0 Å². The molecule has 0 amide bonds. The van der Waals surface area contributed by atoms with E-state index in [1.54, 1.807) is 0 Å². The monoisotopic (exact) mass is 692 g/mol. The van der Waals surface area contributed by atoms with Gasteiger partial charge in [-0.15, -0.1) is 0 Å². The molecule has 2 aliphatic rings. The second kappa shape index (κ2) is 11.1. The van der Waals surface area contributed by atoms with Crippen molar-refractivity contribution >= 4 is 49.6 Å². The first kappa shape index (κ1) is 31.2. The van der Waals surface area contributed by atoms with Crippen LogP contribution in [0, 0.1) is 0 Å². The molecule has 0 atom stereocenters. The van der Waals surface area contributed by atoms with Crippen molar-refractivity contribution in [2.24, 2.45) is 0 Å². The highest BCUT2D eigenvalue weighted by Crippen LogP contribution is 2.56. The third-order valence-corrected chi connectivity index (χ3v) is 12.6. The number of hydrogen-bond acceptors (Lipinski definition) is 1. The first-order valence-corrected chi connectivity index (χ1v) is 19.1. The Hall–Kier alpha value is -6.38. The summed E-state index contributed by atoms with van der Waals surface area (Å²) >= 11 is 0. The fourth-order valence-electron chi connectivity index (χ4n) is 10.0. The Morgan fingerprint density at radius 2 is 0.926 bits per heavy atom. The zero-order valence-corrected chi connectivity index (χ0v) is 31.1. The molecule has 2 nitrogen and oxygen atoms in total. The SMILES string of the molecule is CC1(C)c2ccccc2-c2ccc(N(c3cccc4c3-c3ccccc3C4(C)C)c3ccc(-n4c5ccccc5c5ccccc54)c4ccccc34)cc21. The topological polar surface area (TPSA) is 8.17 Å². The maximum absolute atomic E-state index is 2.55. The van der Waals surface area contributed by atoms with Crippen LogP contribution in [-0.4, -0.2) is 4.57 Å². The number of anilines is 3. The van der Waals surface area contributed by atoms with Crippen molar-refractivity contribution in [3.05, 3.63) is 192 Å². The van der Waals surface area contributed by atoms with Crippen LogP contribution in [0.5, 0.6) is 0 Å². The number of rotatable bonds is 4. The minimum absolute atomic E-state index is 0.113. The molecule has 0 bridgehead atoms. The first-order chi connectivity index (χ1) is 26.3. The van der Waals surface area contributed by atoms with Crippen molar-refractivity contribution in [2.45, 2.75) is 38.5 Å². The summed E-state index contributed by atoms with van der Waals surface area (Å²) in [5, 5.41) is 4.97. The molecule has 0 unspecified atom stereocenters. The summed E-state index contributed by atoms with van der Waals surface area (Å²) < 4.78 is 2.45. The van der Waals surface area contributed by atoms with Crippen LogP contribution in [0.2, 0.25) is 0 Å². The molecule has 0 saturated carbocycles. The number of para-hydroxylation sites is 2. The van der Waals surface area contributed by atoms with Crippen LogP contribution >= 0.6 is 0 Å². The van der Waals surface area contributed by atoms with E-state index in [0.717, 1.165) is 0 Å². The molecule has 0 N–H and O–H groups in total. The Morgan fingerprint density at radius 1 is 0.389 bits per heavy atom. The molecule has 258 valence electrons. The van der Waals surface area contributed by atoms with Crippen LogP contribution in [0.3, 0.4) is 0 Å². The number of nitrogens with zero attached hydrogens (tertiary/aromatic N) is 2. The molecule has 9 aromatic rings. The third kappa shape index (κ3) is 4.11. The van der Waals surface area contributed by atoms with Crippen molar-refractivity contribution in [3.8, 4) is 27.9 Å². The van der Waals surface area contributed by atoms with Crippen LogP contribution in [0.1, 0.15) is 49.9 Å². The van der Waals surface area contributed by atoms with Crippen LogP contribution in [-0.2, 0) is 10.8 Å². The van der Waals surface area contributed by atoms with Gasteiger partial charge in [-0.05, 0) is 81.4 Å². The van der Waals surface area contributed by atoms with Crippen LogP contribution in [0.15, 0.2) is 170 Å². The summed E-state index contributed by atoms with van der Waals surface area (Å²) in [5.41, 5.74) is 17.7. The van der Waals surface area contributed by atoms with Gasteiger partial charge in [-0.3, -0.25) is 0 Å². The highest BCUT2D eigenvalue weighted by atomic mass is 15.1. The Balaban J connectivity index is 1.21. The molecule has 2 aliphatic carbocycles. The number of aromatic nitrogens is 1. The van der Waals surface area contributed by atoms with Gasteiger partial charge in [0.2, 0.25) is 0 Å². The van der Waals surface area contributed by atoms with Crippen LogP contribution in [0.4, 0.5) is 17.1 Å². The van der Waals surface area contributed by atoms with Crippen molar-refractivity contribution in [3.63, 3.8) is 0 Å². The minimum Gasteiger partial charge on any atom is -0.309 e. The van der Waals surface area contributed by atoms with E-state index in [9.17, 15) is 0 Å². The largest absolute Gasteiger partial charge is 0.309 e. The molecule has 0 fully saturated rings. The average Bonchev–Trinajstić information content (AvgIpc) is 3.75. The molecular formula is C52H40N2. The van der Waals surface area contributed by atoms with Crippen LogP contribution in [0.25, 0.3) is 60.5 Å². The van der Waals surface area contributed by atoms with Gasteiger partial charge in [0.05, 0.1) is 28.1 Å². The molecule has 0 radical (unpaired) electrons. The number of benzene rings is 8. The fraction of sp³-hybridized carbons (Fsp3) is 0.115. The van der Waals surface area contributed by atoms with E-state index in [2.05, 4.69) is 207 Å². The molecule has 2 heteroatoms. The Kier molecular flexibility index (Phi) is 6.39. The summed E-state index contributed by atoms with van der Waals surface area (Å²) in [6, 6.07) is 63.3. The van der Waals surface area contributed by atoms with Gasteiger partial charge in [-0.1, -0.05) is 155 Å². The first-order valence-electron chi connectivity index (χ1n) is 19.1. The van der Waals surface area contributed by atoms with E-state index in [0.29, 0.717) is 0 Å². The summed E-state index contributed by atoms with van der Waals surface area (Å²) in [6.45, 7) is 9.50. The van der Waals surface area contributed by atoms with Gasteiger partial charge in [-0.2, -0.15) is 0 Å². The molecule has 0 spiro atoms. The molecule has 8 aromatic carbocycles. The lowest BCUT2D eigenvalue weighted by Crippen LogP contribution is -2.18. The van der Waals surface area contributed by atoms with Crippen molar-refractivity contribution in [1.29, 1.82) is 0 Å². The summed E-state index contributed by atoms with van der Waals surface area (Å²) in [6.07, 6.45) is 0. The molecule has 1 aromatic heterocycles. The van der Waals surface area contributed by atoms with Gasteiger partial charge in [0, 0.05) is 43.6 Å². The van der Waals surface area contributed by atoms with Crippen molar-refractivity contribution in [2.75, 3.05) is 4.90 Å². The fourth-order valence-corrected chi connectivity index (χ4v) is 10.0. The van der Waals surface area contributed by atoms with Crippen LogP contribution < -0.4 is 4.90 Å². The second-order valence-electron chi connectivity index (χ2n) is 16.1. The Morgan fingerprint density at radius 3 is 1.65 bits per heavy atom. The van der Waals surface area contributed by atoms with Gasteiger partial charge >= 0.3 is 0 Å². The third-order valence-electron chi connectivity index (χ3n) is 12.6. The van der Waals surface area contributed by atoms with E-state index in [1.807, 2.05) is 0 Å². The normalized spacial score (nSPS) is 14.6. The van der Waals surface area contributed by atoms with Crippen molar-refractivity contribution in [1.82, 2.24) is 4.57 Å². The van der Waals surface area contributed by atoms with Crippen molar-refractivity contribution < 1.29 is 0 Å². The zero-order chi connectivity index (χ0) is 36.3. The highest BCUT2D eigenvalue weighted by Gasteiger charge is 2.39. The van der Waals surface area contributed by atoms with E-state index in [1.165, 1.54) is 99.8 Å². The Labute approximate surface area is 316 Å². The predicted octanol–water partition coefficient (Wildman–Crippen LogP) is 14.0. The lowest BCUT2D eigenvalue weighted by molar-refractivity contribution is 0.660. The molecular weight excluding hydrogens is 653 g/mol. The summed E-state index contributed by atoms with van der Waals surface area (Å²) in [4.78, 5) is 2.55. The second-order valence-corrected chi connectivity index (χ2v) is 16.1. The predicted molar refractivity (Wildman–Crippen MR) is 228 cm³/mol. The summed E-state index contributed by atoms with van der Waals surface area (Å²) in [5.74, 6) is 0. The molecule has 1 heterocycles. The number of fused-ring (bicyclic) bond motifs is 10. The quantitative estimate of drug-likeness (QED) is 0.178. The van der Waals surface area contributed by atoms with E-state index in [4.69, 9.17) is 0 Å². The van der Waals surface area contributed by atoms with Gasteiger partial charge in [0.25, 0.3) is 0 Å².